The zero-order valence-corrected chi connectivity index (χ0v) is 14.9. The minimum atomic E-state index is -3.58. The molecule has 1 aromatic heterocycles. The van der Waals surface area contributed by atoms with Crippen LogP contribution in [0.25, 0.3) is 5.69 Å². The van der Waals surface area contributed by atoms with Crippen LogP contribution in [0.1, 0.15) is 12.8 Å². The molecule has 2 heterocycles. The molecule has 1 fully saturated rings. The van der Waals surface area contributed by atoms with Gasteiger partial charge in [-0.3, -0.25) is 0 Å². The van der Waals surface area contributed by atoms with Gasteiger partial charge in [0.15, 0.2) is 0 Å². The van der Waals surface area contributed by atoms with Gasteiger partial charge in [0, 0.05) is 12.6 Å². The number of sulfonamides is 1. The van der Waals surface area contributed by atoms with Crippen molar-refractivity contribution in [1.82, 2.24) is 19.8 Å². The van der Waals surface area contributed by atoms with Crippen molar-refractivity contribution < 1.29 is 13.2 Å². The summed E-state index contributed by atoms with van der Waals surface area (Å²) in [5.74, 6) is 0.629. The molecule has 1 aliphatic rings. The molecule has 0 radical (unpaired) electrons. The van der Waals surface area contributed by atoms with Crippen LogP contribution in [0.2, 0.25) is 0 Å². The van der Waals surface area contributed by atoms with Gasteiger partial charge < -0.3 is 10.1 Å². The Hall–Kier alpha value is -1.61. The Morgan fingerprint density at radius 1 is 1.38 bits per heavy atom. The van der Waals surface area contributed by atoms with Gasteiger partial charge in [0.2, 0.25) is 10.0 Å². The molecule has 1 atom stereocenters. The van der Waals surface area contributed by atoms with Crippen molar-refractivity contribution >= 4 is 22.4 Å². The van der Waals surface area contributed by atoms with Gasteiger partial charge in [-0.25, -0.2) is 17.8 Å². The highest BCUT2D eigenvalue weighted by Gasteiger charge is 2.23. The van der Waals surface area contributed by atoms with Crippen LogP contribution in [0.3, 0.4) is 0 Å². The molecule has 0 spiro atoms. The molecule has 1 aromatic carbocycles. The monoisotopic (exact) mass is 372 g/mol. The van der Waals surface area contributed by atoms with Crippen molar-refractivity contribution in [3.63, 3.8) is 0 Å². The number of rotatable bonds is 5. The maximum atomic E-state index is 12.5. The van der Waals surface area contributed by atoms with E-state index in [1.165, 1.54) is 17.1 Å². The van der Waals surface area contributed by atoms with Gasteiger partial charge in [-0.05, 0) is 31.5 Å². The van der Waals surface area contributed by atoms with Crippen molar-refractivity contribution in [2.45, 2.75) is 23.8 Å². The average molecular weight is 373 g/mol. The van der Waals surface area contributed by atoms with Gasteiger partial charge in [-0.1, -0.05) is 12.1 Å². The number of nitrogens with zero attached hydrogens (tertiary/aromatic N) is 2. The fourth-order valence-corrected chi connectivity index (χ4v) is 3.84. The molecule has 132 valence electrons. The van der Waals surface area contributed by atoms with Crippen molar-refractivity contribution in [1.29, 1.82) is 0 Å². The van der Waals surface area contributed by atoms with Crippen LogP contribution in [-0.4, -0.2) is 44.4 Å². The normalized spacial score (nSPS) is 18.0. The lowest BCUT2D eigenvalue weighted by Crippen LogP contribution is -2.45. The Kier molecular flexibility index (Phi) is 6.22. The maximum Gasteiger partial charge on any atom is 0.244 e. The second-order valence-electron chi connectivity index (χ2n) is 5.46. The summed E-state index contributed by atoms with van der Waals surface area (Å²) in [6.45, 7) is 1.59. The summed E-state index contributed by atoms with van der Waals surface area (Å²) in [6.07, 6.45) is 4.65. The zero-order valence-electron chi connectivity index (χ0n) is 13.3. The predicted molar refractivity (Wildman–Crippen MR) is 93.6 cm³/mol. The third kappa shape index (κ3) is 4.07. The van der Waals surface area contributed by atoms with Gasteiger partial charge in [0.1, 0.15) is 16.3 Å². The molecular weight excluding hydrogens is 352 g/mol. The molecule has 24 heavy (non-hydrogen) atoms. The van der Waals surface area contributed by atoms with Crippen molar-refractivity contribution in [2.24, 2.45) is 0 Å². The van der Waals surface area contributed by atoms with Crippen LogP contribution in [0, 0.1) is 0 Å². The number of hydrogen-bond acceptors (Lipinski definition) is 5. The largest absolute Gasteiger partial charge is 0.494 e. The van der Waals surface area contributed by atoms with Gasteiger partial charge >= 0.3 is 0 Å². The van der Waals surface area contributed by atoms with Gasteiger partial charge in [-0.2, -0.15) is 5.10 Å². The quantitative estimate of drug-likeness (QED) is 0.827. The highest BCUT2D eigenvalue weighted by Crippen LogP contribution is 2.22. The van der Waals surface area contributed by atoms with Crippen LogP contribution in [-0.2, 0) is 10.0 Å². The number of nitrogens with one attached hydrogen (secondary N) is 2. The molecule has 1 unspecified atom stereocenters. The number of piperidine rings is 1. The number of halogens is 1. The van der Waals surface area contributed by atoms with Crippen LogP contribution in [0.5, 0.6) is 5.75 Å². The Balaban J connectivity index is 0.00000208. The van der Waals surface area contributed by atoms with E-state index in [0.717, 1.165) is 19.4 Å². The summed E-state index contributed by atoms with van der Waals surface area (Å²) in [7, 11) is -2.01. The number of hydrogen-bond donors (Lipinski definition) is 2. The molecule has 0 amide bonds. The van der Waals surface area contributed by atoms with Crippen LogP contribution in [0.4, 0.5) is 0 Å². The molecule has 9 heteroatoms. The lowest BCUT2D eigenvalue weighted by Gasteiger charge is -2.23. The number of benzene rings is 1. The van der Waals surface area contributed by atoms with E-state index in [1.807, 2.05) is 18.2 Å². The fraction of sp³-hybridized carbons (Fsp3) is 0.400. The van der Waals surface area contributed by atoms with E-state index in [1.54, 1.807) is 13.2 Å². The second-order valence-corrected chi connectivity index (χ2v) is 7.17. The van der Waals surface area contributed by atoms with Crippen LogP contribution < -0.4 is 14.8 Å². The molecule has 7 nitrogen and oxygen atoms in total. The van der Waals surface area contributed by atoms with E-state index in [0.29, 0.717) is 18.0 Å². The second kappa shape index (κ2) is 7.98. The lowest BCUT2D eigenvalue weighted by atomic mass is 10.1. The molecule has 2 N–H and O–H groups in total. The third-order valence-corrected chi connectivity index (χ3v) is 5.29. The molecule has 0 bridgehead atoms. The van der Waals surface area contributed by atoms with Gasteiger partial charge in [-0.15, -0.1) is 12.4 Å². The molecule has 2 aromatic rings. The summed E-state index contributed by atoms with van der Waals surface area (Å²) < 4.78 is 34.5. The number of para-hydroxylation sites is 2. The van der Waals surface area contributed by atoms with E-state index in [9.17, 15) is 8.42 Å². The number of aromatic nitrogens is 2. The Bertz CT molecular complexity index is 773. The summed E-state index contributed by atoms with van der Waals surface area (Å²) in [5, 5.41) is 7.35. The summed E-state index contributed by atoms with van der Waals surface area (Å²) >= 11 is 0. The van der Waals surface area contributed by atoms with E-state index in [4.69, 9.17) is 4.74 Å². The van der Waals surface area contributed by atoms with E-state index >= 15 is 0 Å². The lowest BCUT2D eigenvalue weighted by molar-refractivity contribution is 0.411. The highest BCUT2D eigenvalue weighted by atomic mass is 35.5. The third-order valence-electron chi connectivity index (χ3n) is 3.82. The topological polar surface area (TPSA) is 85.2 Å². The van der Waals surface area contributed by atoms with Crippen molar-refractivity contribution in [2.75, 3.05) is 20.2 Å². The minimum absolute atomic E-state index is 0. The predicted octanol–water partition coefficient (Wildman–Crippen LogP) is 1.33. The summed E-state index contributed by atoms with van der Waals surface area (Å²) in [6, 6.07) is 7.24. The first-order valence-electron chi connectivity index (χ1n) is 7.51. The summed E-state index contributed by atoms with van der Waals surface area (Å²) in [4.78, 5) is 0.147. The SMILES string of the molecule is COc1ccccc1-n1cc(S(=O)(=O)NC2CCCNC2)cn1.Cl. The van der Waals surface area contributed by atoms with Crippen molar-refractivity contribution in [3.05, 3.63) is 36.7 Å². The minimum Gasteiger partial charge on any atom is -0.494 e. The Labute approximate surface area is 147 Å². The Morgan fingerprint density at radius 2 is 2.17 bits per heavy atom. The van der Waals surface area contributed by atoms with Gasteiger partial charge in [0.05, 0.1) is 19.5 Å². The molecule has 1 saturated heterocycles. The first-order chi connectivity index (χ1) is 11.1. The van der Waals surface area contributed by atoms with Crippen LogP contribution in [0.15, 0.2) is 41.6 Å². The number of methoxy groups -OCH3 is 1. The number of ether oxygens (including phenoxy) is 1. The first kappa shape index (κ1) is 18.7. The summed E-state index contributed by atoms with van der Waals surface area (Å²) in [5.41, 5.74) is 0.691. The van der Waals surface area contributed by atoms with E-state index in [2.05, 4.69) is 15.1 Å². The smallest absolute Gasteiger partial charge is 0.244 e. The van der Waals surface area contributed by atoms with Crippen LogP contribution >= 0.6 is 12.4 Å². The van der Waals surface area contributed by atoms with Gasteiger partial charge in [0.25, 0.3) is 0 Å². The molecule has 1 aliphatic heterocycles. The molecular formula is C15H21ClN4O3S. The van der Waals surface area contributed by atoms with E-state index < -0.39 is 10.0 Å². The molecule has 0 saturated carbocycles. The maximum absolute atomic E-state index is 12.5. The van der Waals surface area contributed by atoms with E-state index in [-0.39, 0.29) is 23.3 Å². The highest BCUT2D eigenvalue weighted by molar-refractivity contribution is 7.89. The van der Waals surface area contributed by atoms with Crippen molar-refractivity contribution in [3.8, 4) is 11.4 Å². The molecule has 3 rings (SSSR count). The average Bonchev–Trinajstić information content (AvgIpc) is 3.06. The Morgan fingerprint density at radius 3 is 2.88 bits per heavy atom. The first-order valence-corrected chi connectivity index (χ1v) is 8.99. The molecule has 0 aliphatic carbocycles. The fourth-order valence-electron chi connectivity index (χ4n) is 2.64. The standard InChI is InChI=1S/C15H20N4O3S.ClH/c1-22-15-7-3-2-6-14(15)19-11-13(10-17-19)23(20,21)18-12-5-4-8-16-9-12;/h2-3,6-7,10-12,16,18H,4-5,8-9H2,1H3;1H. The zero-order chi connectivity index (χ0) is 16.3.